The molecular formula is C16H15ClN2O2S. The summed E-state index contributed by atoms with van der Waals surface area (Å²) in [6.45, 7) is 3.95. The normalized spacial score (nSPS) is 21.3. The second-order valence-corrected chi connectivity index (χ2v) is 7.19. The van der Waals surface area contributed by atoms with Crippen LogP contribution in [0, 0.1) is 6.92 Å². The minimum absolute atomic E-state index is 0.251. The summed E-state index contributed by atoms with van der Waals surface area (Å²) in [4.78, 5) is 27.0. The Balaban J connectivity index is 1.90. The lowest BCUT2D eigenvalue weighted by atomic mass is 10.0. The van der Waals surface area contributed by atoms with E-state index < -0.39 is 5.54 Å². The monoisotopic (exact) mass is 334 g/mol. The summed E-state index contributed by atoms with van der Waals surface area (Å²) in [6, 6.07) is 10.9. The molecule has 1 saturated heterocycles. The maximum Gasteiger partial charge on any atom is 0.325 e. The predicted octanol–water partition coefficient (Wildman–Crippen LogP) is 3.68. The van der Waals surface area contributed by atoms with Crippen molar-refractivity contribution in [1.29, 1.82) is 0 Å². The molecule has 4 nitrogen and oxygen atoms in total. The minimum Gasteiger partial charge on any atom is -0.319 e. The summed E-state index contributed by atoms with van der Waals surface area (Å²) in [5.74, 6) is -0.251. The number of nitrogens with zero attached hydrogens (tertiary/aromatic N) is 1. The highest BCUT2D eigenvalue weighted by atomic mass is 35.5. The summed E-state index contributed by atoms with van der Waals surface area (Å²) >= 11 is 7.26. The number of imide groups is 1. The highest BCUT2D eigenvalue weighted by Gasteiger charge is 2.49. The lowest BCUT2D eigenvalue weighted by Gasteiger charge is -2.20. The lowest BCUT2D eigenvalue weighted by molar-refractivity contribution is -0.131. The number of rotatable bonds is 3. The van der Waals surface area contributed by atoms with Crippen LogP contribution in [0.2, 0.25) is 4.34 Å². The number of thiophene rings is 1. The third kappa shape index (κ3) is 2.40. The molecule has 2 aromatic rings. The topological polar surface area (TPSA) is 49.4 Å². The van der Waals surface area contributed by atoms with E-state index in [1.165, 1.54) is 16.2 Å². The first-order chi connectivity index (χ1) is 10.4. The van der Waals surface area contributed by atoms with Crippen LogP contribution in [0.4, 0.5) is 4.79 Å². The number of benzene rings is 1. The predicted molar refractivity (Wildman–Crippen MR) is 86.9 cm³/mol. The van der Waals surface area contributed by atoms with Crippen molar-refractivity contribution < 1.29 is 9.59 Å². The largest absolute Gasteiger partial charge is 0.325 e. The van der Waals surface area contributed by atoms with Crippen LogP contribution >= 0.6 is 22.9 Å². The summed E-state index contributed by atoms with van der Waals surface area (Å²) in [5.41, 5.74) is 0.965. The molecular weight excluding hydrogens is 320 g/mol. The van der Waals surface area contributed by atoms with Gasteiger partial charge in [0.15, 0.2) is 5.54 Å². The van der Waals surface area contributed by atoms with Crippen molar-refractivity contribution >= 4 is 34.9 Å². The molecule has 1 aliphatic heterocycles. The molecule has 1 aromatic heterocycles. The fraction of sp³-hybridized carbons (Fsp3) is 0.250. The van der Waals surface area contributed by atoms with Gasteiger partial charge >= 0.3 is 6.03 Å². The minimum atomic E-state index is -1.04. The maximum atomic E-state index is 12.8. The molecule has 1 atom stereocenters. The molecule has 1 fully saturated rings. The van der Waals surface area contributed by atoms with Gasteiger partial charge in [0, 0.05) is 4.88 Å². The Hall–Kier alpha value is -1.85. The van der Waals surface area contributed by atoms with Crippen LogP contribution < -0.4 is 5.32 Å². The van der Waals surface area contributed by atoms with Crippen molar-refractivity contribution in [3.63, 3.8) is 0 Å². The van der Waals surface area contributed by atoms with Gasteiger partial charge < -0.3 is 5.32 Å². The van der Waals surface area contributed by atoms with Gasteiger partial charge in [-0.1, -0.05) is 35.9 Å². The third-order valence-corrected chi connectivity index (χ3v) is 5.38. The van der Waals surface area contributed by atoms with Crippen LogP contribution in [-0.4, -0.2) is 16.8 Å². The fourth-order valence-electron chi connectivity index (χ4n) is 2.55. The van der Waals surface area contributed by atoms with Gasteiger partial charge in [0.05, 0.1) is 10.9 Å². The van der Waals surface area contributed by atoms with E-state index in [-0.39, 0.29) is 18.5 Å². The Morgan fingerprint density at radius 2 is 1.95 bits per heavy atom. The summed E-state index contributed by atoms with van der Waals surface area (Å²) < 4.78 is 0.593. The van der Waals surface area contributed by atoms with E-state index in [4.69, 9.17) is 11.6 Å². The molecule has 0 aliphatic carbocycles. The first-order valence-electron chi connectivity index (χ1n) is 6.86. The SMILES string of the molecule is Cc1ccccc1CN1C(=O)N[C@@](C)(c2ccc(Cl)s2)C1=O. The average molecular weight is 335 g/mol. The van der Waals surface area contributed by atoms with Gasteiger partial charge in [-0.2, -0.15) is 0 Å². The van der Waals surface area contributed by atoms with Crippen molar-refractivity contribution in [2.75, 3.05) is 0 Å². The molecule has 1 N–H and O–H groups in total. The second-order valence-electron chi connectivity index (χ2n) is 5.48. The first-order valence-corrected chi connectivity index (χ1v) is 8.05. The Morgan fingerprint density at radius 3 is 2.59 bits per heavy atom. The van der Waals surface area contributed by atoms with Crippen molar-refractivity contribution in [1.82, 2.24) is 10.2 Å². The molecule has 114 valence electrons. The van der Waals surface area contributed by atoms with E-state index in [0.29, 0.717) is 4.34 Å². The maximum absolute atomic E-state index is 12.8. The summed E-state index contributed by atoms with van der Waals surface area (Å²) in [7, 11) is 0. The third-order valence-electron chi connectivity index (χ3n) is 3.93. The van der Waals surface area contributed by atoms with Crippen LogP contribution in [0.1, 0.15) is 22.9 Å². The number of aryl methyl sites for hydroxylation is 1. The molecule has 1 aliphatic rings. The fourth-order valence-corrected chi connectivity index (χ4v) is 3.69. The molecule has 0 bridgehead atoms. The second kappa shape index (κ2) is 5.41. The van der Waals surface area contributed by atoms with Gasteiger partial charge in [0.1, 0.15) is 0 Å². The number of urea groups is 1. The standard InChI is InChI=1S/C16H15ClN2O2S/c1-10-5-3-4-6-11(10)9-19-14(20)16(2,18-15(19)21)12-7-8-13(17)22-12/h3-8H,9H2,1-2H3,(H,18,21)/t16-/m0/s1. The van der Waals surface area contributed by atoms with Gasteiger partial charge in [0.2, 0.25) is 0 Å². The number of nitrogens with one attached hydrogen (secondary N) is 1. The first kappa shape index (κ1) is 15.1. The number of halogens is 1. The summed E-state index contributed by atoms with van der Waals surface area (Å²) in [6.07, 6.45) is 0. The van der Waals surface area contributed by atoms with Crippen LogP contribution in [0.5, 0.6) is 0 Å². The van der Waals surface area contributed by atoms with Gasteiger partial charge in [-0.3, -0.25) is 9.69 Å². The number of hydrogen-bond donors (Lipinski definition) is 1. The molecule has 22 heavy (non-hydrogen) atoms. The quantitative estimate of drug-likeness (QED) is 0.870. The van der Waals surface area contributed by atoms with Crippen molar-refractivity contribution in [3.8, 4) is 0 Å². The van der Waals surface area contributed by atoms with Crippen LogP contribution in [0.25, 0.3) is 0 Å². The zero-order valence-corrected chi connectivity index (χ0v) is 13.8. The average Bonchev–Trinajstić information content (AvgIpc) is 3.00. The molecule has 0 spiro atoms. The van der Waals surface area contributed by atoms with Crippen LogP contribution in [0.15, 0.2) is 36.4 Å². The van der Waals surface area contributed by atoms with Gasteiger partial charge in [-0.15, -0.1) is 11.3 Å². The van der Waals surface area contributed by atoms with Crippen LogP contribution in [-0.2, 0) is 16.9 Å². The van der Waals surface area contributed by atoms with E-state index in [0.717, 1.165) is 16.0 Å². The molecule has 6 heteroatoms. The number of hydrogen-bond acceptors (Lipinski definition) is 3. The molecule has 0 saturated carbocycles. The Morgan fingerprint density at radius 1 is 1.23 bits per heavy atom. The van der Waals surface area contributed by atoms with Gasteiger partial charge in [-0.25, -0.2) is 4.79 Å². The van der Waals surface area contributed by atoms with Gasteiger partial charge in [0.25, 0.3) is 5.91 Å². The van der Waals surface area contributed by atoms with E-state index in [2.05, 4.69) is 5.32 Å². The van der Waals surface area contributed by atoms with E-state index >= 15 is 0 Å². The smallest absolute Gasteiger partial charge is 0.319 e. The van der Waals surface area contributed by atoms with Gasteiger partial charge in [-0.05, 0) is 37.1 Å². The zero-order valence-electron chi connectivity index (χ0n) is 12.2. The van der Waals surface area contributed by atoms with E-state index in [9.17, 15) is 9.59 Å². The zero-order chi connectivity index (χ0) is 15.9. The number of carbonyl (C=O) groups excluding carboxylic acids is 2. The molecule has 3 amide bonds. The van der Waals surface area contributed by atoms with E-state index in [1.807, 2.05) is 31.2 Å². The Kier molecular flexibility index (Phi) is 3.70. The molecule has 0 radical (unpaired) electrons. The van der Waals surface area contributed by atoms with E-state index in [1.54, 1.807) is 19.1 Å². The summed E-state index contributed by atoms with van der Waals surface area (Å²) in [5, 5.41) is 2.79. The highest BCUT2D eigenvalue weighted by molar-refractivity contribution is 7.16. The Labute approximate surface area is 137 Å². The van der Waals surface area contributed by atoms with Crippen molar-refractivity contribution in [2.24, 2.45) is 0 Å². The molecule has 3 rings (SSSR count). The lowest BCUT2D eigenvalue weighted by Crippen LogP contribution is -2.40. The van der Waals surface area contributed by atoms with Crippen molar-refractivity contribution in [3.05, 3.63) is 56.7 Å². The highest BCUT2D eigenvalue weighted by Crippen LogP contribution is 2.35. The van der Waals surface area contributed by atoms with Crippen LogP contribution in [0.3, 0.4) is 0 Å². The molecule has 0 unspecified atom stereocenters. The number of amides is 3. The van der Waals surface area contributed by atoms with Crippen molar-refractivity contribution in [2.45, 2.75) is 25.9 Å². The molecule has 1 aromatic carbocycles. The molecule has 2 heterocycles. The number of carbonyl (C=O) groups is 2. The Bertz CT molecular complexity index is 758.